The molecule has 102 valence electrons. The molecule has 1 heterocycles. The number of hydrogen-bond donors (Lipinski definition) is 4. The van der Waals surface area contributed by atoms with Crippen LogP contribution in [0.3, 0.4) is 0 Å². The van der Waals surface area contributed by atoms with Gasteiger partial charge in [-0.25, -0.2) is 4.79 Å². The van der Waals surface area contributed by atoms with Crippen molar-refractivity contribution in [2.75, 3.05) is 13.1 Å². The number of hydrogen-bond acceptors (Lipinski definition) is 4. The highest BCUT2D eigenvalue weighted by Gasteiger charge is 2.45. The molecule has 0 unspecified atom stereocenters. The van der Waals surface area contributed by atoms with Crippen LogP contribution in [0.1, 0.15) is 18.1 Å². The molecule has 5 N–H and O–H groups in total. The van der Waals surface area contributed by atoms with Crippen molar-refractivity contribution in [2.24, 2.45) is 5.73 Å². The highest BCUT2D eigenvalue weighted by atomic mass is 16.3. The summed E-state index contributed by atoms with van der Waals surface area (Å²) in [5.74, 6) is -0.442. The molecule has 1 aromatic carbocycles. The number of rotatable bonds is 4. The molecule has 0 radical (unpaired) electrons. The first-order valence-electron chi connectivity index (χ1n) is 6.11. The van der Waals surface area contributed by atoms with Gasteiger partial charge in [-0.15, -0.1) is 0 Å². The summed E-state index contributed by atoms with van der Waals surface area (Å²) >= 11 is 0. The van der Waals surface area contributed by atoms with Gasteiger partial charge in [0.1, 0.15) is 11.6 Å². The van der Waals surface area contributed by atoms with E-state index in [1.807, 2.05) is 0 Å². The number of aliphatic hydroxyl groups excluding tert-OH is 1. The van der Waals surface area contributed by atoms with Gasteiger partial charge in [0.15, 0.2) is 5.78 Å². The van der Waals surface area contributed by atoms with E-state index in [1.165, 1.54) is 0 Å². The van der Waals surface area contributed by atoms with Crippen molar-refractivity contribution in [1.82, 2.24) is 10.6 Å². The fourth-order valence-corrected chi connectivity index (χ4v) is 2.35. The van der Waals surface area contributed by atoms with E-state index in [0.29, 0.717) is 18.5 Å². The minimum absolute atomic E-state index is 0.276. The molecule has 2 atom stereocenters. The van der Waals surface area contributed by atoms with Crippen LogP contribution in [0.2, 0.25) is 0 Å². The fourth-order valence-electron chi connectivity index (χ4n) is 2.35. The van der Waals surface area contributed by atoms with Gasteiger partial charge in [0, 0.05) is 6.54 Å². The molecule has 0 bridgehead atoms. The van der Waals surface area contributed by atoms with Crippen LogP contribution in [-0.4, -0.2) is 35.5 Å². The van der Waals surface area contributed by atoms with Gasteiger partial charge in [0.2, 0.25) is 0 Å². The van der Waals surface area contributed by atoms with Crippen LogP contribution < -0.4 is 16.4 Å². The number of carbonyl (C=O) groups is 2. The molecule has 1 aliphatic heterocycles. The molecular weight excluding hydrogens is 246 g/mol. The molecule has 1 fully saturated rings. The van der Waals surface area contributed by atoms with Gasteiger partial charge in [0.05, 0.1) is 0 Å². The summed E-state index contributed by atoms with van der Waals surface area (Å²) < 4.78 is 0. The van der Waals surface area contributed by atoms with Gasteiger partial charge in [-0.1, -0.05) is 30.3 Å². The van der Waals surface area contributed by atoms with Gasteiger partial charge < -0.3 is 21.5 Å². The van der Waals surface area contributed by atoms with Crippen LogP contribution >= 0.6 is 0 Å². The molecule has 0 spiro atoms. The molecule has 2 amide bonds. The molecular formula is C13H17N3O3. The predicted molar refractivity (Wildman–Crippen MR) is 69.3 cm³/mol. The van der Waals surface area contributed by atoms with E-state index in [2.05, 4.69) is 10.6 Å². The minimum Gasteiger partial charge on any atom is -0.380 e. The Morgan fingerprint density at radius 2 is 2.05 bits per heavy atom. The van der Waals surface area contributed by atoms with Crippen LogP contribution in [0.5, 0.6) is 0 Å². The van der Waals surface area contributed by atoms with Crippen molar-refractivity contribution in [2.45, 2.75) is 18.1 Å². The Kier molecular flexibility index (Phi) is 3.82. The lowest BCUT2D eigenvalue weighted by Crippen LogP contribution is -2.58. The zero-order valence-electron chi connectivity index (χ0n) is 10.4. The van der Waals surface area contributed by atoms with Gasteiger partial charge in [-0.3, -0.25) is 4.79 Å². The smallest absolute Gasteiger partial charge is 0.313 e. The number of ketones is 1. The van der Waals surface area contributed by atoms with Crippen LogP contribution in [0.15, 0.2) is 30.3 Å². The van der Waals surface area contributed by atoms with Crippen molar-refractivity contribution >= 4 is 11.8 Å². The molecule has 1 saturated heterocycles. The number of benzene rings is 1. The summed E-state index contributed by atoms with van der Waals surface area (Å²) in [6, 6.07) is 7.86. The maximum atomic E-state index is 12.4. The van der Waals surface area contributed by atoms with Crippen molar-refractivity contribution in [3.8, 4) is 0 Å². The number of carbonyl (C=O) groups excluding carboxylic acids is 2. The Morgan fingerprint density at radius 3 is 2.58 bits per heavy atom. The Labute approximate surface area is 111 Å². The van der Waals surface area contributed by atoms with Gasteiger partial charge in [-0.2, -0.15) is 0 Å². The maximum absolute atomic E-state index is 12.4. The molecule has 19 heavy (non-hydrogen) atoms. The topological polar surface area (TPSA) is 104 Å². The van der Waals surface area contributed by atoms with Gasteiger partial charge in [-0.05, 0) is 18.5 Å². The first-order valence-corrected chi connectivity index (χ1v) is 6.11. The van der Waals surface area contributed by atoms with Crippen molar-refractivity contribution in [3.05, 3.63) is 35.9 Å². The third kappa shape index (κ3) is 2.74. The van der Waals surface area contributed by atoms with E-state index in [4.69, 9.17) is 5.73 Å². The molecule has 6 nitrogen and oxygen atoms in total. The lowest BCUT2D eigenvalue weighted by Gasteiger charge is -2.29. The summed E-state index contributed by atoms with van der Waals surface area (Å²) in [7, 11) is 0. The number of nitrogens with one attached hydrogen (secondary N) is 2. The fraction of sp³-hybridized carbons (Fsp3) is 0.385. The number of Topliss-reactive ketones (excluding diaryl/α,β-unsaturated/α-hetero) is 1. The Morgan fingerprint density at radius 1 is 1.37 bits per heavy atom. The summed E-state index contributed by atoms with van der Waals surface area (Å²) in [5, 5.41) is 15.6. The van der Waals surface area contributed by atoms with Crippen LogP contribution in [0.25, 0.3) is 0 Å². The molecule has 1 aromatic rings. The average Bonchev–Trinajstić information content (AvgIpc) is 2.87. The number of primary amides is 1. The number of urea groups is 1. The van der Waals surface area contributed by atoms with Crippen LogP contribution in [-0.2, 0) is 4.79 Å². The summed E-state index contributed by atoms with van der Waals surface area (Å²) in [4.78, 5) is 23.5. The number of aliphatic hydroxyl groups is 1. The zero-order chi connectivity index (χ0) is 13.9. The average molecular weight is 263 g/mol. The Balaban J connectivity index is 2.23. The monoisotopic (exact) mass is 263 g/mol. The molecule has 1 aliphatic rings. The first kappa shape index (κ1) is 13.5. The number of amides is 2. The summed E-state index contributed by atoms with van der Waals surface area (Å²) in [6.45, 7) is 0.867. The van der Waals surface area contributed by atoms with Crippen LogP contribution in [0, 0.1) is 0 Å². The first-order chi connectivity index (χ1) is 9.05. The Hall–Kier alpha value is -1.92. The van der Waals surface area contributed by atoms with Crippen molar-refractivity contribution < 1.29 is 14.7 Å². The second kappa shape index (κ2) is 5.38. The van der Waals surface area contributed by atoms with E-state index in [0.717, 1.165) is 0 Å². The van der Waals surface area contributed by atoms with E-state index in [1.54, 1.807) is 30.3 Å². The Bertz CT molecular complexity index is 469. The second-order valence-corrected chi connectivity index (χ2v) is 4.68. The third-order valence-corrected chi connectivity index (χ3v) is 3.35. The summed E-state index contributed by atoms with van der Waals surface area (Å²) in [5.41, 5.74) is 4.50. The molecule has 0 aromatic heterocycles. The zero-order valence-corrected chi connectivity index (χ0v) is 10.4. The lowest BCUT2D eigenvalue weighted by atomic mass is 9.87. The second-order valence-electron chi connectivity index (χ2n) is 4.68. The van der Waals surface area contributed by atoms with E-state index >= 15 is 0 Å². The lowest BCUT2D eigenvalue weighted by molar-refractivity contribution is -0.133. The highest BCUT2D eigenvalue weighted by Crippen LogP contribution is 2.25. The largest absolute Gasteiger partial charge is 0.380 e. The molecule has 6 heteroatoms. The van der Waals surface area contributed by atoms with Gasteiger partial charge >= 0.3 is 6.03 Å². The normalized spacial score (nSPS) is 23.8. The highest BCUT2D eigenvalue weighted by molar-refractivity contribution is 5.96. The van der Waals surface area contributed by atoms with Gasteiger partial charge in [0.25, 0.3) is 0 Å². The number of nitrogens with two attached hydrogens (primary N) is 1. The van der Waals surface area contributed by atoms with Crippen molar-refractivity contribution in [3.63, 3.8) is 0 Å². The van der Waals surface area contributed by atoms with E-state index in [9.17, 15) is 14.7 Å². The quantitative estimate of drug-likeness (QED) is 0.598. The van der Waals surface area contributed by atoms with E-state index in [-0.39, 0.29) is 6.54 Å². The molecule has 2 rings (SSSR count). The van der Waals surface area contributed by atoms with Crippen LogP contribution in [0.4, 0.5) is 4.79 Å². The summed E-state index contributed by atoms with van der Waals surface area (Å²) in [6.07, 6.45) is -0.855. The SMILES string of the molecule is NC(=O)N[C@]1(C(=O)[C@@H](O)c2ccccc2)CCNC1. The third-order valence-electron chi connectivity index (χ3n) is 3.35. The van der Waals surface area contributed by atoms with Crippen molar-refractivity contribution in [1.29, 1.82) is 0 Å². The minimum atomic E-state index is -1.27. The molecule has 0 saturated carbocycles. The predicted octanol–water partition coefficient (Wildman–Crippen LogP) is -0.311. The standard InChI is InChI=1S/C13H17N3O3/c14-12(19)16-13(6-7-15-8-13)11(18)10(17)9-4-2-1-3-5-9/h1-5,10,15,17H,6-8H2,(H3,14,16,19)/t10-,13+/m0/s1. The van der Waals surface area contributed by atoms with E-state index < -0.39 is 23.5 Å². The molecule has 0 aliphatic carbocycles. The maximum Gasteiger partial charge on any atom is 0.313 e.